The monoisotopic (exact) mass is 648 g/mol. The molecule has 1 aromatic carbocycles. The Morgan fingerprint density at radius 3 is 2.27 bits per heavy atom. The number of methoxy groups -OCH3 is 1. The van der Waals surface area contributed by atoms with E-state index in [4.69, 9.17) is 14.5 Å². The second-order valence-corrected chi connectivity index (χ2v) is 12.4. The molecular weight excluding hydrogens is 614 g/mol. The van der Waals surface area contributed by atoms with Gasteiger partial charge in [0.1, 0.15) is 17.6 Å². The zero-order chi connectivity index (χ0) is 31.6. The van der Waals surface area contributed by atoms with Crippen molar-refractivity contribution in [2.24, 2.45) is 11.8 Å². The molecule has 3 heterocycles. The molecule has 8 nitrogen and oxygen atoms in total. The van der Waals surface area contributed by atoms with Gasteiger partial charge in [-0.05, 0) is 70.2 Å². The lowest BCUT2D eigenvalue weighted by atomic mass is 9.82. The molecule has 1 aliphatic heterocycles. The van der Waals surface area contributed by atoms with Crippen LogP contribution in [0.15, 0.2) is 27.5 Å². The van der Waals surface area contributed by atoms with Crippen LogP contribution in [0.4, 0.5) is 26.3 Å². The van der Waals surface area contributed by atoms with E-state index in [9.17, 15) is 31.1 Å². The summed E-state index contributed by atoms with van der Waals surface area (Å²) in [5.74, 6) is -2.45. The van der Waals surface area contributed by atoms with Crippen molar-refractivity contribution in [3.63, 3.8) is 0 Å². The van der Waals surface area contributed by atoms with Crippen LogP contribution in [-0.4, -0.2) is 52.6 Å². The van der Waals surface area contributed by atoms with Gasteiger partial charge >= 0.3 is 18.1 Å². The quantitative estimate of drug-likeness (QED) is 0.239. The second kappa shape index (κ2) is 13.1. The lowest BCUT2D eigenvalue weighted by molar-refractivity contribution is -0.185. The number of hydrogen-bond acceptors (Lipinski definition) is 8. The average molecular weight is 649 g/mol. The summed E-state index contributed by atoms with van der Waals surface area (Å²) >= 11 is 1.42. The van der Waals surface area contributed by atoms with Crippen molar-refractivity contribution in [1.29, 1.82) is 0 Å². The first-order valence-electron chi connectivity index (χ1n) is 14.6. The Balaban J connectivity index is 1.39. The Kier molecular flexibility index (Phi) is 9.64. The van der Waals surface area contributed by atoms with Crippen LogP contribution in [0.25, 0.3) is 11.4 Å². The molecule has 1 saturated carbocycles. The van der Waals surface area contributed by atoms with E-state index in [1.807, 2.05) is 11.8 Å². The van der Waals surface area contributed by atoms with Crippen molar-refractivity contribution in [3.8, 4) is 22.9 Å². The maximum atomic E-state index is 13.3. The van der Waals surface area contributed by atoms with Crippen molar-refractivity contribution in [2.45, 2.75) is 82.8 Å². The highest BCUT2D eigenvalue weighted by Crippen LogP contribution is 2.46. The molecule has 242 valence electrons. The number of aromatic nitrogens is 3. The first-order valence-corrected chi connectivity index (χ1v) is 15.4. The standard InChI is InChI=1S/C29H34F6N4O4S/c1-3-22(42-19-8-9-20(23(14-19)41-2)25-37-27(40)43-38-25)24-21(15-39-12-10-18(11-13-39)29(33,34)35)36-26(44-24)16-4-6-17(7-5-16)28(30,31)32/h8-9,14,16-18,22H,3-7,10-13,15H2,1-2H3,(H,37,38,40). The maximum Gasteiger partial charge on any atom is 0.439 e. The fourth-order valence-corrected chi connectivity index (χ4v) is 7.35. The number of thiazole rings is 1. The number of halogens is 6. The molecule has 1 unspecified atom stereocenters. The predicted molar refractivity (Wildman–Crippen MR) is 150 cm³/mol. The molecule has 0 bridgehead atoms. The predicted octanol–water partition coefficient (Wildman–Crippen LogP) is 7.64. The molecule has 44 heavy (non-hydrogen) atoms. The highest BCUT2D eigenvalue weighted by molar-refractivity contribution is 7.11. The largest absolute Gasteiger partial charge is 0.496 e. The van der Waals surface area contributed by atoms with E-state index in [0.29, 0.717) is 48.6 Å². The number of alkyl halides is 6. The summed E-state index contributed by atoms with van der Waals surface area (Å²) in [6.45, 7) is 2.81. The summed E-state index contributed by atoms with van der Waals surface area (Å²) < 4.78 is 96.1. The molecule has 15 heteroatoms. The molecule has 3 aromatic rings. The second-order valence-electron chi connectivity index (χ2n) is 11.4. The molecule has 0 spiro atoms. The third-order valence-electron chi connectivity index (χ3n) is 8.52. The Hall–Kier alpha value is -3.07. The van der Waals surface area contributed by atoms with Gasteiger partial charge < -0.3 is 9.47 Å². The number of piperidine rings is 1. The van der Waals surface area contributed by atoms with E-state index in [2.05, 4.69) is 14.7 Å². The zero-order valence-corrected chi connectivity index (χ0v) is 25.1. The van der Waals surface area contributed by atoms with Gasteiger partial charge in [-0.2, -0.15) is 26.3 Å². The van der Waals surface area contributed by atoms with Crippen molar-refractivity contribution in [2.75, 3.05) is 20.2 Å². The van der Waals surface area contributed by atoms with E-state index in [1.54, 1.807) is 18.2 Å². The number of aromatic amines is 1. The van der Waals surface area contributed by atoms with Crippen LogP contribution in [0.1, 0.15) is 79.5 Å². The van der Waals surface area contributed by atoms with Gasteiger partial charge in [0, 0.05) is 18.5 Å². The lowest BCUT2D eigenvalue weighted by Gasteiger charge is -2.32. The minimum atomic E-state index is -4.22. The van der Waals surface area contributed by atoms with Crippen molar-refractivity contribution >= 4 is 11.3 Å². The molecule has 1 N–H and O–H groups in total. The minimum Gasteiger partial charge on any atom is -0.496 e. The third kappa shape index (κ3) is 7.41. The number of nitrogens with one attached hydrogen (secondary N) is 1. The average Bonchev–Trinajstić information content (AvgIpc) is 3.61. The van der Waals surface area contributed by atoms with Crippen molar-refractivity contribution < 1.29 is 40.3 Å². The molecule has 0 amide bonds. The van der Waals surface area contributed by atoms with Gasteiger partial charge in [0.2, 0.25) is 0 Å². The first-order chi connectivity index (χ1) is 20.9. The van der Waals surface area contributed by atoms with Gasteiger partial charge in [0.25, 0.3) is 0 Å². The van der Waals surface area contributed by atoms with E-state index >= 15 is 0 Å². The van der Waals surface area contributed by atoms with Gasteiger partial charge in [-0.25, -0.2) is 9.78 Å². The zero-order valence-electron chi connectivity index (χ0n) is 24.3. The molecule has 2 aliphatic rings. The topological polar surface area (TPSA) is 93.5 Å². The van der Waals surface area contributed by atoms with Gasteiger partial charge in [-0.3, -0.25) is 14.4 Å². The van der Waals surface area contributed by atoms with E-state index in [1.165, 1.54) is 18.4 Å². The number of nitrogens with zero attached hydrogens (tertiary/aromatic N) is 3. The lowest BCUT2D eigenvalue weighted by Crippen LogP contribution is -2.38. The van der Waals surface area contributed by atoms with Crippen LogP contribution in [0.3, 0.4) is 0 Å². The Bertz CT molecular complexity index is 1450. The number of ether oxygens (including phenoxy) is 2. The molecular formula is C29H34F6N4O4S. The van der Waals surface area contributed by atoms with Crippen LogP contribution >= 0.6 is 11.3 Å². The number of hydrogen-bond donors (Lipinski definition) is 1. The minimum absolute atomic E-state index is 0.00786. The van der Waals surface area contributed by atoms with Gasteiger partial charge in [0.05, 0.1) is 40.1 Å². The van der Waals surface area contributed by atoms with Crippen molar-refractivity contribution in [1.82, 2.24) is 20.0 Å². The molecule has 1 saturated heterocycles. The third-order valence-corrected chi connectivity index (χ3v) is 9.87. The number of benzene rings is 1. The SMILES string of the molecule is CCC(Oc1ccc(-c2noc(=O)[nH]2)c(OC)c1)c1sc(C2CCC(C(F)(F)F)CC2)nc1CN1CCC(C(F)(F)F)CC1. The van der Waals surface area contributed by atoms with Gasteiger partial charge in [-0.15, -0.1) is 11.3 Å². The fraction of sp³-hybridized carbons (Fsp3) is 0.621. The molecule has 0 radical (unpaired) electrons. The van der Waals surface area contributed by atoms with E-state index in [0.717, 1.165) is 9.88 Å². The number of likely N-dealkylation sites (tertiary alicyclic amines) is 1. The molecule has 2 aromatic heterocycles. The van der Waals surface area contributed by atoms with Crippen LogP contribution < -0.4 is 15.2 Å². The highest BCUT2D eigenvalue weighted by Gasteiger charge is 2.43. The van der Waals surface area contributed by atoms with E-state index < -0.39 is 36.0 Å². The highest BCUT2D eigenvalue weighted by atomic mass is 32.1. The van der Waals surface area contributed by atoms with E-state index in [-0.39, 0.29) is 50.5 Å². The summed E-state index contributed by atoms with van der Waals surface area (Å²) in [6, 6.07) is 5.00. The molecule has 1 aliphatic carbocycles. The Labute approximate surface area is 253 Å². The van der Waals surface area contributed by atoms with Crippen LogP contribution in [0, 0.1) is 11.8 Å². The Morgan fingerprint density at radius 1 is 1.05 bits per heavy atom. The van der Waals surface area contributed by atoms with Gasteiger partial charge in [0.15, 0.2) is 5.82 Å². The summed E-state index contributed by atoms with van der Waals surface area (Å²) in [6.07, 6.45) is -7.54. The summed E-state index contributed by atoms with van der Waals surface area (Å²) in [4.78, 5) is 21.6. The summed E-state index contributed by atoms with van der Waals surface area (Å²) in [5.41, 5.74) is 1.17. The van der Waals surface area contributed by atoms with Gasteiger partial charge in [-0.1, -0.05) is 12.1 Å². The summed E-state index contributed by atoms with van der Waals surface area (Å²) in [5, 5.41) is 4.44. The number of rotatable bonds is 9. The van der Waals surface area contributed by atoms with Crippen LogP contribution in [-0.2, 0) is 6.54 Å². The molecule has 2 fully saturated rings. The summed E-state index contributed by atoms with van der Waals surface area (Å²) in [7, 11) is 1.46. The smallest absolute Gasteiger partial charge is 0.439 e. The normalized spacial score (nSPS) is 21.4. The molecule has 1 atom stereocenters. The molecule has 5 rings (SSSR count). The first kappa shape index (κ1) is 32.3. The maximum absolute atomic E-state index is 13.3. The fourth-order valence-electron chi connectivity index (χ4n) is 5.99. The van der Waals surface area contributed by atoms with Crippen LogP contribution in [0.5, 0.6) is 11.5 Å². The van der Waals surface area contributed by atoms with Crippen LogP contribution in [0.2, 0.25) is 0 Å². The Morgan fingerprint density at radius 2 is 1.70 bits per heavy atom. The van der Waals surface area contributed by atoms with Crippen molar-refractivity contribution in [3.05, 3.63) is 44.3 Å². The number of H-pyrrole nitrogens is 1.